The van der Waals surface area contributed by atoms with Gasteiger partial charge in [0.05, 0.1) is 26.4 Å². The Balaban J connectivity index is 1.72. The Morgan fingerprint density at radius 2 is 1.90 bits per heavy atom. The number of carbonyl (C=O) groups is 1. The molecule has 6 heteroatoms. The van der Waals surface area contributed by atoms with Crippen molar-refractivity contribution in [2.75, 3.05) is 44.2 Å². The van der Waals surface area contributed by atoms with Gasteiger partial charge in [-0.05, 0) is 54.3 Å². The van der Waals surface area contributed by atoms with Crippen molar-refractivity contribution in [3.8, 4) is 5.75 Å². The molecule has 2 atom stereocenters. The van der Waals surface area contributed by atoms with Crippen molar-refractivity contribution in [3.63, 3.8) is 0 Å². The standard InChI is InChI=1S/C23H27ClN2O3/c1-16-13-18-14-20(28-2)7-8-21(18)23(26(16)22(27)15-24)17-3-5-19(6-4-17)25-9-11-29-12-10-25/h3-8,14,16,23H,9-13,15H2,1-2H3/t16-,23-/m0/s1. The summed E-state index contributed by atoms with van der Waals surface area (Å²) in [7, 11) is 1.68. The Labute approximate surface area is 177 Å². The molecule has 1 amide bonds. The van der Waals surface area contributed by atoms with Crippen LogP contribution in [0, 0.1) is 0 Å². The van der Waals surface area contributed by atoms with Crippen LogP contribution >= 0.6 is 11.6 Å². The molecule has 0 bridgehead atoms. The van der Waals surface area contributed by atoms with Gasteiger partial charge >= 0.3 is 0 Å². The number of hydrogen-bond donors (Lipinski definition) is 0. The lowest BCUT2D eigenvalue weighted by Gasteiger charge is -2.42. The number of amides is 1. The van der Waals surface area contributed by atoms with Crippen molar-refractivity contribution in [2.45, 2.75) is 25.4 Å². The molecule has 2 aliphatic heterocycles. The van der Waals surface area contributed by atoms with Gasteiger partial charge < -0.3 is 19.3 Å². The van der Waals surface area contributed by atoms with Gasteiger partial charge in [0.15, 0.2) is 0 Å². The Bertz CT molecular complexity index is 865. The molecule has 2 aromatic rings. The van der Waals surface area contributed by atoms with Crippen LogP contribution in [0.25, 0.3) is 0 Å². The van der Waals surface area contributed by atoms with Gasteiger partial charge in [-0.2, -0.15) is 0 Å². The van der Waals surface area contributed by atoms with Crippen LogP contribution < -0.4 is 9.64 Å². The second-order valence-electron chi connectivity index (χ2n) is 7.65. The van der Waals surface area contributed by atoms with Gasteiger partial charge in [-0.3, -0.25) is 4.79 Å². The Hall–Kier alpha value is -2.24. The summed E-state index contributed by atoms with van der Waals surface area (Å²) in [5, 5.41) is 0. The minimum absolute atomic E-state index is 0.0157. The lowest BCUT2D eigenvalue weighted by molar-refractivity contribution is -0.132. The second-order valence-corrected chi connectivity index (χ2v) is 7.91. The van der Waals surface area contributed by atoms with E-state index in [0.29, 0.717) is 0 Å². The van der Waals surface area contributed by atoms with Crippen LogP contribution in [-0.4, -0.2) is 56.1 Å². The maximum atomic E-state index is 12.8. The van der Waals surface area contributed by atoms with E-state index in [2.05, 4.69) is 48.2 Å². The van der Waals surface area contributed by atoms with Crippen LogP contribution in [0.1, 0.15) is 29.7 Å². The van der Waals surface area contributed by atoms with E-state index in [1.807, 2.05) is 11.0 Å². The number of methoxy groups -OCH3 is 1. The summed E-state index contributed by atoms with van der Waals surface area (Å²) in [6.45, 7) is 5.41. The fourth-order valence-corrected chi connectivity index (χ4v) is 4.60. The van der Waals surface area contributed by atoms with Crippen LogP contribution in [0.5, 0.6) is 5.75 Å². The van der Waals surface area contributed by atoms with Gasteiger partial charge in [-0.25, -0.2) is 0 Å². The number of benzene rings is 2. The lowest BCUT2D eigenvalue weighted by atomic mass is 9.85. The predicted molar refractivity (Wildman–Crippen MR) is 115 cm³/mol. The van der Waals surface area contributed by atoms with Crippen molar-refractivity contribution >= 4 is 23.2 Å². The zero-order valence-electron chi connectivity index (χ0n) is 16.9. The highest BCUT2D eigenvalue weighted by Gasteiger charge is 2.36. The number of halogens is 1. The van der Waals surface area contributed by atoms with E-state index in [1.54, 1.807) is 7.11 Å². The lowest BCUT2D eigenvalue weighted by Crippen LogP contribution is -2.47. The number of morpholine rings is 1. The van der Waals surface area contributed by atoms with Gasteiger partial charge in [-0.1, -0.05) is 18.2 Å². The van der Waals surface area contributed by atoms with E-state index in [4.69, 9.17) is 21.1 Å². The van der Waals surface area contributed by atoms with E-state index in [1.165, 1.54) is 11.3 Å². The maximum Gasteiger partial charge on any atom is 0.238 e. The number of anilines is 1. The zero-order chi connectivity index (χ0) is 20.4. The van der Waals surface area contributed by atoms with Crippen molar-refractivity contribution in [2.24, 2.45) is 0 Å². The van der Waals surface area contributed by atoms with Gasteiger partial charge in [0, 0.05) is 24.8 Å². The summed E-state index contributed by atoms with van der Waals surface area (Å²) in [6.07, 6.45) is 0.789. The smallest absolute Gasteiger partial charge is 0.238 e. The summed E-state index contributed by atoms with van der Waals surface area (Å²) < 4.78 is 10.9. The largest absolute Gasteiger partial charge is 0.497 e. The monoisotopic (exact) mass is 414 g/mol. The Morgan fingerprint density at radius 1 is 1.17 bits per heavy atom. The fraction of sp³-hybridized carbons (Fsp3) is 0.435. The van der Waals surface area contributed by atoms with E-state index in [-0.39, 0.29) is 23.9 Å². The van der Waals surface area contributed by atoms with Crippen LogP contribution in [0.3, 0.4) is 0 Å². The first-order valence-corrected chi connectivity index (χ1v) is 10.6. The minimum atomic E-state index is -0.148. The normalized spacial score (nSPS) is 21.6. The average Bonchev–Trinajstić information content (AvgIpc) is 2.78. The first kappa shape index (κ1) is 20.0. The summed E-state index contributed by atoms with van der Waals surface area (Å²) in [5.74, 6) is 0.787. The fourth-order valence-electron chi connectivity index (χ4n) is 4.46. The molecule has 0 saturated carbocycles. The zero-order valence-corrected chi connectivity index (χ0v) is 17.7. The van der Waals surface area contributed by atoms with Crippen LogP contribution in [0.4, 0.5) is 5.69 Å². The van der Waals surface area contributed by atoms with Gasteiger partial charge in [0.2, 0.25) is 5.91 Å². The molecular weight excluding hydrogens is 388 g/mol. The predicted octanol–water partition coefficient (Wildman–Crippen LogP) is 3.63. The summed E-state index contributed by atoms with van der Waals surface area (Å²) in [5.41, 5.74) is 4.64. The Kier molecular flexibility index (Phi) is 5.97. The molecule has 0 N–H and O–H groups in total. The number of fused-ring (bicyclic) bond motifs is 1. The third-order valence-electron chi connectivity index (χ3n) is 5.90. The third-order valence-corrected chi connectivity index (χ3v) is 6.13. The molecule has 4 rings (SSSR count). The molecule has 29 heavy (non-hydrogen) atoms. The molecule has 1 fully saturated rings. The molecule has 5 nitrogen and oxygen atoms in total. The molecule has 2 aromatic carbocycles. The van der Waals surface area contributed by atoms with E-state index < -0.39 is 0 Å². The second kappa shape index (κ2) is 8.64. The highest BCUT2D eigenvalue weighted by atomic mass is 35.5. The first-order valence-electron chi connectivity index (χ1n) is 10.1. The highest BCUT2D eigenvalue weighted by Crippen LogP contribution is 2.40. The van der Waals surface area contributed by atoms with Gasteiger partial charge in [-0.15, -0.1) is 11.6 Å². The van der Waals surface area contributed by atoms with E-state index in [0.717, 1.165) is 49.6 Å². The van der Waals surface area contributed by atoms with E-state index in [9.17, 15) is 4.79 Å². The summed E-state index contributed by atoms with van der Waals surface area (Å²) in [6, 6.07) is 14.6. The van der Waals surface area contributed by atoms with Crippen molar-refractivity contribution in [3.05, 3.63) is 59.2 Å². The molecule has 2 heterocycles. The average molecular weight is 415 g/mol. The highest BCUT2D eigenvalue weighted by molar-refractivity contribution is 6.27. The SMILES string of the molecule is COc1ccc2c(c1)C[C@H](C)N(C(=O)CCl)[C@H]2c1ccc(N2CCOCC2)cc1. The molecule has 0 spiro atoms. The molecule has 2 aliphatic rings. The quantitative estimate of drug-likeness (QED) is 0.716. The third kappa shape index (κ3) is 3.94. The van der Waals surface area contributed by atoms with E-state index >= 15 is 0 Å². The molecule has 0 radical (unpaired) electrons. The van der Waals surface area contributed by atoms with Crippen molar-refractivity contribution in [1.82, 2.24) is 4.90 Å². The summed E-state index contributed by atoms with van der Waals surface area (Å²) in [4.78, 5) is 17.0. The number of alkyl halides is 1. The topological polar surface area (TPSA) is 42.0 Å². The number of carbonyl (C=O) groups excluding carboxylic acids is 1. The van der Waals surface area contributed by atoms with Gasteiger partial charge in [0.1, 0.15) is 11.6 Å². The van der Waals surface area contributed by atoms with Crippen molar-refractivity contribution < 1.29 is 14.3 Å². The van der Waals surface area contributed by atoms with Crippen LogP contribution in [0.15, 0.2) is 42.5 Å². The maximum absolute atomic E-state index is 12.8. The minimum Gasteiger partial charge on any atom is -0.497 e. The van der Waals surface area contributed by atoms with Crippen molar-refractivity contribution in [1.29, 1.82) is 0 Å². The molecule has 0 aromatic heterocycles. The molecule has 154 valence electrons. The first-order chi connectivity index (χ1) is 14.1. The number of rotatable bonds is 4. The molecular formula is C23H27ClN2O3. The number of ether oxygens (including phenoxy) is 2. The Morgan fingerprint density at radius 3 is 2.55 bits per heavy atom. The molecule has 1 saturated heterocycles. The van der Waals surface area contributed by atoms with Gasteiger partial charge in [0.25, 0.3) is 0 Å². The number of hydrogen-bond acceptors (Lipinski definition) is 4. The molecule has 0 aliphatic carbocycles. The van der Waals surface area contributed by atoms with Crippen LogP contribution in [-0.2, 0) is 16.0 Å². The summed E-state index contributed by atoms with van der Waals surface area (Å²) >= 11 is 5.98. The van der Waals surface area contributed by atoms with Crippen LogP contribution in [0.2, 0.25) is 0 Å². The number of nitrogens with zero attached hydrogens (tertiary/aromatic N) is 2. The molecule has 0 unspecified atom stereocenters.